The Hall–Kier alpha value is -0.900. The van der Waals surface area contributed by atoms with E-state index in [-0.39, 0.29) is 6.04 Å². The summed E-state index contributed by atoms with van der Waals surface area (Å²) in [6.07, 6.45) is 0. The van der Waals surface area contributed by atoms with E-state index in [0.29, 0.717) is 5.69 Å². The normalized spacial score (nSPS) is 10.2. The molecule has 13 heavy (non-hydrogen) atoms. The fourth-order valence-electron chi connectivity index (χ4n) is 1.01. The van der Waals surface area contributed by atoms with Gasteiger partial charge in [0.05, 0.1) is 5.69 Å². The van der Waals surface area contributed by atoms with Crippen molar-refractivity contribution in [3.8, 4) is 0 Å². The lowest BCUT2D eigenvalue weighted by Gasteiger charge is -2.11. The van der Waals surface area contributed by atoms with Gasteiger partial charge < -0.3 is 5.32 Å². The van der Waals surface area contributed by atoms with Crippen molar-refractivity contribution >= 4 is 27.3 Å². The van der Waals surface area contributed by atoms with E-state index in [1.807, 2.05) is 19.9 Å². The lowest BCUT2D eigenvalue weighted by atomic mass is 10.2. The fourth-order valence-corrected chi connectivity index (χ4v) is 1.38. The number of rotatable bonds is 3. The van der Waals surface area contributed by atoms with E-state index in [1.54, 1.807) is 12.1 Å². The molecule has 0 saturated carbocycles. The van der Waals surface area contributed by atoms with Crippen LogP contribution in [0.25, 0.3) is 0 Å². The molecule has 1 aromatic rings. The molecule has 3 nitrogen and oxygen atoms in total. The molecule has 0 bridgehead atoms. The first-order valence-corrected chi connectivity index (χ1v) is 4.82. The van der Waals surface area contributed by atoms with Gasteiger partial charge in [0.1, 0.15) is 5.69 Å². The van der Waals surface area contributed by atoms with Crippen molar-refractivity contribution in [2.45, 2.75) is 19.9 Å². The average molecular weight is 243 g/mol. The molecular weight excluding hydrogens is 232 g/mol. The zero-order valence-corrected chi connectivity index (χ0v) is 9.13. The van der Waals surface area contributed by atoms with Crippen LogP contribution in [-0.2, 0) is 0 Å². The Morgan fingerprint density at radius 3 is 2.69 bits per heavy atom. The van der Waals surface area contributed by atoms with Crippen LogP contribution in [-0.4, -0.2) is 6.04 Å². The maximum Gasteiger partial charge on any atom is 0.131 e. The van der Waals surface area contributed by atoms with Crippen molar-refractivity contribution in [1.82, 2.24) is 0 Å². The highest BCUT2D eigenvalue weighted by Gasteiger charge is 2.04. The summed E-state index contributed by atoms with van der Waals surface area (Å²) in [5, 5.41) is 6.07. The third-order valence-corrected chi connectivity index (χ3v) is 1.99. The second-order valence-electron chi connectivity index (χ2n) is 3.05. The quantitative estimate of drug-likeness (QED) is 0.823. The van der Waals surface area contributed by atoms with Gasteiger partial charge in [-0.2, -0.15) is 0 Å². The molecule has 0 aromatic heterocycles. The first kappa shape index (κ1) is 10.2. The van der Waals surface area contributed by atoms with Crippen LogP contribution in [0.4, 0.5) is 11.4 Å². The molecule has 0 amide bonds. The summed E-state index contributed by atoms with van der Waals surface area (Å²) < 4.78 is 0.933. The van der Waals surface area contributed by atoms with Crippen LogP contribution < -0.4 is 5.32 Å². The van der Waals surface area contributed by atoms with E-state index < -0.39 is 0 Å². The monoisotopic (exact) mass is 242 g/mol. The summed E-state index contributed by atoms with van der Waals surface area (Å²) in [7, 11) is 0. The largest absolute Gasteiger partial charge is 0.381 e. The molecule has 0 radical (unpaired) electrons. The summed E-state index contributed by atoms with van der Waals surface area (Å²) in [6, 6.07) is 5.61. The topological polar surface area (TPSA) is 41.5 Å². The maximum atomic E-state index is 10.4. The Balaban J connectivity index is 3.01. The number of hydrogen-bond donors (Lipinski definition) is 1. The molecule has 1 N–H and O–H groups in total. The van der Waals surface area contributed by atoms with Gasteiger partial charge >= 0.3 is 0 Å². The fraction of sp³-hybridized carbons (Fsp3) is 0.333. The molecule has 0 aliphatic heterocycles. The van der Waals surface area contributed by atoms with Gasteiger partial charge in [-0.15, -0.1) is 4.91 Å². The van der Waals surface area contributed by atoms with Crippen molar-refractivity contribution in [2.24, 2.45) is 5.18 Å². The summed E-state index contributed by atoms with van der Waals surface area (Å²) in [4.78, 5) is 10.4. The molecule has 0 fully saturated rings. The van der Waals surface area contributed by atoms with Gasteiger partial charge in [0, 0.05) is 10.5 Å². The predicted molar refractivity (Wildman–Crippen MR) is 58.4 cm³/mol. The Labute approximate surface area is 85.6 Å². The van der Waals surface area contributed by atoms with E-state index in [2.05, 4.69) is 26.4 Å². The SMILES string of the molecule is CC(C)Nc1cc(Br)ccc1N=O. The van der Waals surface area contributed by atoms with Gasteiger partial charge in [-0.1, -0.05) is 15.9 Å². The van der Waals surface area contributed by atoms with Crippen LogP contribution >= 0.6 is 15.9 Å². The smallest absolute Gasteiger partial charge is 0.131 e. The summed E-state index contributed by atoms with van der Waals surface area (Å²) in [5.41, 5.74) is 1.20. The average Bonchev–Trinajstić information content (AvgIpc) is 2.03. The van der Waals surface area contributed by atoms with Gasteiger partial charge in [0.15, 0.2) is 0 Å². The summed E-state index contributed by atoms with van der Waals surface area (Å²) in [6.45, 7) is 4.02. The molecule has 0 atom stereocenters. The molecule has 70 valence electrons. The van der Waals surface area contributed by atoms with Crippen molar-refractivity contribution in [2.75, 3.05) is 5.32 Å². The van der Waals surface area contributed by atoms with E-state index >= 15 is 0 Å². The Kier molecular flexibility index (Phi) is 3.42. The molecular formula is C9H11BrN2O. The Morgan fingerprint density at radius 2 is 2.15 bits per heavy atom. The highest BCUT2D eigenvalue weighted by Crippen LogP contribution is 2.28. The van der Waals surface area contributed by atoms with Gasteiger partial charge in [-0.05, 0) is 37.2 Å². The van der Waals surface area contributed by atoms with Crippen molar-refractivity contribution < 1.29 is 0 Å². The van der Waals surface area contributed by atoms with E-state index in [9.17, 15) is 4.91 Å². The molecule has 0 saturated heterocycles. The standard InChI is InChI=1S/C9H11BrN2O/c1-6(2)11-9-5-7(10)3-4-8(9)12-13/h3-6,11H,1-2H3. The van der Waals surface area contributed by atoms with Gasteiger partial charge in [-0.3, -0.25) is 0 Å². The molecule has 0 unspecified atom stereocenters. The van der Waals surface area contributed by atoms with Crippen molar-refractivity contribution in [1.29, 1.82) is 0 Å². The van der Waals surface area contributed by atoms with Crippen LogP contribution in [0, 0.1) is 4.91 Å². The first-order chi connectivity index (χ1) is 6.13. The number of nitrogens with one attached hydrogen (secondary N) is 1. The maximum absolute atomic E-state index is 10.4. The number of anilines is 1. The second kappa shape index (κ2) is 4.37. The van der Waals surface area contributed by atoms with Crippen LogP contribution in [0.15, 0.2) is 27.8 Å². The number of halogens is 1. The van der Waals surface area contributed by atoms with Crippen LogP contribution in [0.2, 0.25) is 0 Å². The highest BCUT2D eigenvalue weighted by atomic mass is 79.9. The minimum absolute atomic E-state index is 0.287. The third-order valence-electron chi connectivity index (χ3n) is 1.50. The minimum atomic E-state index is 0.287. The van der Waals surface area contributed by atoms with E-state index in [1.165, 1.54) is 0 Å². The molecule has 0 aliphatic rings. The molecule has 1 rings (SSSR count). The van der Waals surface area contributed by atoms with Crippen molar-refractivity contribution in [3.63, 3.8) is 0 Å². The number of hydrogen-bond acceptors (Lipinski definition) is 3. The highest BCUT2D eigenvalue weighted by molar-refractivity contribution is 9.10. The zero-order chi connectivity index (χ0) is 9.84. The van der Waals surface area contributed by atoms with Crippen LogP contribution in [0.3, 0.4) is 0 Å². The van der Waals surface area contributed by atoms with Crippen LogP contribution in [0.5, 0.6) is 0 Å². The number of benzene rings is 1. The zero-order valence-electron chi connectivity index (χ0n) is 7.54. The minimum Gasteiger partial charge on any atom is -0.381 e. The van der Waals surface area contributed by atoms with Crippen molar-refractivity contribution in [3.05, 3.63) is 27.6 Å². The van der Waals surface area contributed by atoms with Gasteiger partial charge in [0.25, 0.3) is 0 Å². The molecule has 0 aliphatic carbocycles. The van der Waals surface area contributed by atoms with Crippen LogP contribution in [0.1, 0.15) is 13.8 Å². The predicted octanol–water partition coefficient (Wildman–Crippen LogP) is 3.67. The molecule has 0 spiro atoms. The summed E-state index contributed by atoms with van der Waals surface area (Å²) in [5.74, 6) is 0. The molecule has 1 aromatic carbocycles. The lowest BCUT2D eigenvalue weighted by Crippen LogP contribution is -2.09. The molecule has 4 heteroatoms. The van der Waals surface area contributed by atoms with Gasteiger partial charge in [-0.25, -0.2) is 0 Å². The Bertz CT molecular complexity index is 312. The van der Waals surface area contributed by atoms with Gasteiger partial charge in [0.2, 0.25) is 0 Å². The van der Waals surface area contributed by atoms with E-state index in [4.69, 9.17) is 0 Å². The first-order valence-electron chi connectivity index (χ1n) is 4.03. The molecule has 0 heterocycles. The Morgan fingerprint density at radius 1 is 1.46 bits per heavy atom. The summed E-state index contributed by atoms with van der Waals surface area (Å²) >= 11 is 3.33. The second-order valence-corrected chi connectivity index (χ2v) is 3.97. The third kappa shape index (κ3) is 2.81. The number of nitrogens with zero attached hydrogens (tertiary/aromatic N) is 1. The lowest BCUT2D eigenvalue weighted by molar-refractivity contribution is 0.899. The number of nitroso groups, excluding NO2 is 1. The van der Waals surface area contributed by atoms with E-state index in [0.717, 1.165) is 10.2 Å².